The zero-order valence-electron chi connectivity index (χ0n) is 9.13. The van der Waals surface area contributed by atoms with E-state index in [0.29, 0.717) is 0 Å². The second kappa shape index (κ2) is 4.69. The molecule has 1 aromatic rings. The van der Waals surface area contributed by atoms with Gasteiger partial charge in [0.1, 0.15) is 0 Å². The normalized spacial score (nSPS) is 11.9. The Morgan fingerprint density at radius 2 is 2.12 bits per heavy atom. The first-order valence-electron chi connectivity index (χ1n) is 4.82. The van der Waals surface area contributed by atoms with Crippen LogP contribution in [0.5, 0.6) is 0 Å². The Morgan fingerprint density at radius 1 is 1.50 bits per heavy atom. The second-order valence-electron chi connectivity index (χ2n) is 4.03. The molecule has 0 aromatic carbocycles. The summed E-state index contributed by atoms with van der Waals surface area (Å²) in [5.74, 6) is -1.78. The number of hydrogen-bond donors (Lipinski definition) is 1. The molecule has 0 bridgehead atoms. The van der Waals surface area contributed by atoms with Gasteiger partial charge in [-0.25, -0.2) is 13.2 Å². The lowest BCUT2D eigenvalue weighted by atomic mass is 10.3. The molecule has 90 valence electrons. The zero-order chi connectivity index (χ0) is 12.3. The minimum atomic E-state index is -3.28. The summed E-state index contributed by atoms with van der Waals surface area (Å²) in [4.78, 5) is 10.7. The summed E-state index contributed by atoms with van der Waals surface area (Å²) in [5, 5.41) is 8.74. The molecular formula is C10H14O5S. The largest absolute Gasteiger partial charge is 0.475 e. The van der Waals surface area contributed by atoms with Crippen LogP contribution < -0.4 is 0 Å². The summed E-state index contributed by atoms with van der Waals surface area (Å²) < 4.78 is 28.0. The molecule has 1 heterocycles. The molecule has 16 heavy (non-hydrogen) atoms. The highest BCUT2D eigenvalue weighted by Gasteiger charge is 2.21. The Morgan fingerprint density at radius 3 is 2.62 bits per heavy atom. The van der Waals surface area contributed by atoms with Gasteiger partial charge < -0.3 is 9.52 Å². The molecule has 0 saturated heterocycles. The van der Waals surface area contributed by atoms with Gasteiger partial charge in [0.05, 0.1) is 17.8 Å². The number of hydrogen-bond acceptors (Lipinski definition) is 4. The van der Waals surface area contributed by atoms with Crippen molar-refractivity contribution in [3.8, 4) is 0 Å². The van der Waals surface area contributed by atoms with Gasteiger partial charge in [0.2, 0.25) is 5.76 Å². The number of carboxylic acid groups (broad SMARTS) is 1. The molecule has 1 aromatic heterocycles. The third kappa shape index (κ3) is 3.37. The van der Waals surface area contributed by atoms with Gasteiger partial charge in [-0.2, -0.15) is 0 Å². The van der Waals surface area contributed by atoms with Crippen LogP contribution >= 0.6 is 0 Å². The van der Waals surface area contributed by atoms with Crippen molar-refractivity contribution >= 4 is 15.8 Å². The molecule has 0 atom stereocenters. The quantitative estimate of drug-likeness (QED) is 0.852. The molecule has 0 aliphatic heterocycles. The van der Waals surface area contributed by atoms with Crippen molar-refractivity contribution in [1.82, 2.24) is 0 Å². The highest BCUT2D eigenvalue weighted by Crippen LogP contribution is 2.15. The summed E-state index contributed by atoms with van der Waals surface area (Å²) in [6, 6.07) is 1.38. The van der Waals surface area contributed by atoms with Gasteiger partial charge in [-0.05, 0) is 12.0 Å². The second-order valence-corrected chi connectivity index (χ2v) is 6.14. The predicted molar refractivity (Wildman–Crippen MR) is 58.0 cm³/mol. The van der Waals surface area contributed by atoms with Crippen LogP contribution in [0.1, 0.15) is 30.0 Å². The summed E-state index contributed by atoms with van der Waals surface area (Å²) in [5.41, 5.74) is 0.202. The lowest BCUT2D eigenvalue weighted by Gasteiger charge is -2.05. The van der Waals surface area contributed by atoms with Crippen molar-refractivity contribution in [2.45, 2.75) is 19.6 Å². The molecule has 0 amide bonds. The molecule has 0 aliphatic carbocycles. The van der Waals surface area contributed by atoms with Crippen molar-refractivity contribution in [3.63, 3.8) is 0 Å². The molecule has 1 N–H and O–H groups in total. The van der Waals surface area contributed by atoms with Gasteiger partial charge in [-0.1, -0.05) is 13.8 Å². The van der Waals surface area contributed by atoms with Gasteiger partial charge in [-0.15, -0.1) is 0 Å². The van der Waals surface area contributed by atoms with Gasteiger partial charge in [0.25, 0.3) is 0 Å². The third-order valence-electron chi connectivity index (χ3n) is 1.90. The minimum Gasteiger partial charge on any atom is -0.475 e. The molecule has 0 saturated carbocycles. The van der Waals surface area contributed by atoms with Gasteiger partial charge in [0.15, 0.2) is 9.84 Å². The van der Waals surface area contributed by atoms with E-state index in [1.54, 1.807) is 13.8 Å². The smallest absolute Gasteiger partial charge is 0.372 e. The van der Waals surface area contributed by atoms with Crippen LogP contribution in [0.25, 0.3) is 0 Å². The van der Waals surface area contributed by atoms with E-state index in [9.17, 15) is 13.2 Å². The van der Waals surface area contributed by atoms with E-state index in [1.165, 1.54) is 12.3 Å². The van der Waals surface area contributed by atoms with Crippen LogP contribution in [0.4, 0.5) is 0 Å². The van der Waals surface area contributed by atoms with E-state index in [-0.39, 0.29) is 28.7 Å². The van der Waals surface area contributed by atoms with Gasteiger partial charge in [0, 0.05) is 5.56 Å². The number of sulfone groups is 1. The lowest BCUT2D eigenvalue weighted by molar-refractivity contribution is 0.0661. The van der Waals surface area contributed by atoms with Crippen molar-refractivity contribution in [3.05, 3.63) is 23.7 Å². The Balaban J connectivity index is 2.88. The monoisotopic (exact) mass is 246 g/mol. The maximum Gasteiger partial charge on any atom is 0.372 e. The zero-order valence-corrected chi connectivity index (χ0v) is 9.95. The molecule has 0 fully saturated rings. The van der Waals surface area contributed by atoms with E-state index in [2.05, 4.69) is 0 Å². The molecule has 1 rings (SSSR count). The first-order chi connectivity index (χ1) is 7.32. The molecule has 0 unspecified atom stereocenters. The maximum atomic E-state index is 11.6. The fourth-order valence-electron chi connectivity index (χ4n) is 1.44. The number of carboxylic acids is 1. The fraction of sp³-hybridized carbons (Fsp3) is 0.500. The number of carbonyl (C=O) groups is 1. The Labute approximate surface area is 94.0 Å². The van der Waals surface area contributed by atoms with Gasteiger partial charge >= 0.3 is 5.97 Å². The van der Waals surface area contributed by atoms with Crippen LogP contribution in [0, 0.1) is 5.92 Å². The molecule has 6 heteroatoms. The number of rotatable bonds is 5. The highest BCUT2D eigenvalue weighted by atomic mass is 32.2. The Hall–Kier alpha value is -1.30. The van der Waals surface area contributed by atoms with E-state index in [1.807, 2.05) is 0 Å². The van der Waals surface area contributed by atoms with Crippen molar-refractivity contribution in [2.75, 3.05) is 5.75 Å². The van der Waals surface area contributed by atoms with Crippen LogP contribution in [0.2, 0.25) is 0 Å². The number of furan rings is 1. The fourth-order valence-corrected chi connectivity index (χ4v) is 3.28. The molecular weight excluding hydrogens is 232 g/mol. The predicted octanol–water partition coefficient (Wildman–Crippen LogP) is 1.55. The van der Waals surface area contributed by atoms with E-state index in [4.69, 9.17) is 9.52 Å². The third-order valence-corrected chi connectivity index (χ3v) is 3.83. The van der Waals surface area contributed by atoms with Crippen molar-refractivity contribution in [2.24, 2.45) is 5.92 Å². The van der Waals surface area contributed by atoms with Crippen LogP contribution in [-0.4, -0.2) is 25.2 Å². The van der Waals surface area contributed by atoms with E-state index >= 15 is 0 Å². The standard InChI is InChI=1S/C10H14O5S/c1-7(2)5-16(13,14)6-8-3-4-15-9(8)10(11)12/h3-4,7H,5-6H2,1-2H3,(H,11,12). The van der Waals surface area contributed by atoms with Crippen LogP contribution in [0.3, 0.4) is 0 Å². The summed E-state index contributed by atoms with van der Waals surface area (Å²) in [6.45, 7) is 3.59. The summed E-state index contributed by atoms with van der Waals surface area (Å²) >= 11 is 0. The summed E-state index contributed by atoms with van der Waals surface area (Å²) in [6.07, 6.45) is 1.18. The Kier molecular flexibility index (Phi) is 3.74. The van der Waals surface area contributed by atoms with Crippen molar-refractivity contribution in [1.29, 1.82) is 0 Å². The molecule has 0 aliphatic rings. The molecule has 0 radical (unpaired) electrons. The molecule has 5 nitrogen and oxygen atoms in total. The Bertz CT molecular complexity index is 469. The van der Waals surface area contributed by atoms with Gasteiger partial charge in [-0.3, -0.25) is 0 Å². The lowest BCUT2D eigenvalue weighted by Crippen LogP contribution is -2.15. The van der Waals surface area contributed by atoms with Crippen LogP contribution in [0.15, 0.2) is 16.7 Å². The van der Waals surface area contributed by atoms with Crippen molar-refractivity contribution < 1.29 is 22.7 Å². The average Bonchev–Trinajstić information content (AvgIpc) is 2.48. The average molecular weight is 246 g/mol. The van der Waals surface area contributed by atoms with Crippen LogP contribution in [-0.2, 0) is 15.6 Å². The SMILES string of the molecule is CC(C)CS(=O)(=O)Cc1ccoc1C(=O)O. The van der Waals surface area contributed by atoms with E-state index in [0.717, 1.165) is 0 Å². The number of aromatic carboxylic acids is 1. The highest BCUT2D eigenvalue weighted by molar-refractivity contribution is 7.90. The topological polar surface area (TPSA) is 84.6 Å². The maximum absolute atomic E-state index is 11.6. The summed E-state index contributed by atoms with van der Waals surface area (Å²) in [7, 11) is -3.28. The first kappa shape index (κ1) is 12.8. The minimum absolute atomic E-state index is 0.0187. The van der Waals surface area contributed by atoms with E-state index < -0.39 is 15.8 Å². The first-order valence-corrected chi connectivity index (χ1v) is 6.64. The molecule has 0 spiro atoms.